The van der Waals surface area contributed by atoms with Crippen molar-refractivity contribution in [2.45, 2.75) is 6.92 Å². The molecule has 1 aromatic carbocycles. The molecule has 1 rings (SSSR count). The van der Waals surface area contributed by atoms with Crippen LogP contribution in [0.3, 0.4) is 0 Å². The maximum Gasteiger partial charge on any atom is 0.362 e. The molecule has 0 bridgehead atoms. The Hall–Kier alpha value is -1.29. The Morgan fingerprint density at radius 3 is 2.59 bits per heavy atom. The Kier molecular flexibility index (Phi) is 4.75. The first-order valence-electron chi connectivity index (χ1n) is 4.94. The maximum atomic E-state index is 10.7. The van der Waals surface area contributed by atoms with Gasteiger partial charge in [0.05, 0.1) is 7.11 Å². The van der Waals surface area contributed by atoms with Crippen molar-refractivity contribution in [2.24, 2.45) is 0 Å². The van der Waals surface area contributed by atoms with Crippen LogP contribution < -0.4 is 9.47 Å². The van der Waals surface area contributed by atoms with Crippen molar-refractivity contribution in [3.8, 4) is 11.5 Å². The van der Waals surface area contributed by atoms with Crippen molar-refractivity contribution >= 4 is 13.7 Å². The van der Waals surface area contributed by atoms with Crippen LogP contribution in [-0.4, -0.2) is 23.2 Å². The van der Waals surface area contributed by atoms with Crippen LogP contribution in [-0.2, 0) is 4.57 Å². The smallest absolute Gasteiger partial charge is 0.362 e. The molecule has 0 amide bonds. The van der Waals surface area contributed by atoms with Crippen molar-refractivity contribution in [3.05, 3.63) is 29.8 Å². The zero-order valence-electron chi connectivity index (χ0n) is 9.66. The quantitative estimate of drug-likeness (QED) is 0.792. The average Bonchev–Trinajstić information content (AvgIpc) is 2.26. The van der Waals surface area contributed by atoms with E-state index < -0.39 is 13.9 Å². The summed E-state index contributed by atoms with van der Waals surface area (Å²) in [4.78, 5) is 17.4. The number of hydrogen-bond acceptors (Lipinski definition) is 3. The second-order valence-electron chi connectivity index (χ2n) is 3.35. The fourth-order valence-corrected chi connectivity index (χ4v) is 1.56. The van der Waals surface area contributed by atoms with Gasteiger partial charge in [-0.15, -0.1) is 0 Å². The number of ether oxygens (including phenoxy) is 2. The molecule has 0 aliphatic carbocycles. The average molecular weight is 258 g/mol. The number of benzene rings is 1. The van der Waals surface area contributed by atoms with Gasteiger partial charge in [-0.2, -0.15) is 0 Å². The van der Waals surface area contributed by atoms with Gasteiger partial charge in [0.25, 0.3) is 0 Å². The standard InChI is InChI=1S/C11H15O5P/c1-3-4-9-5-6-10(11(7-9)15-2)16-8-17(12,13)14/h3-7H,8H2,1-2H3,(H2,12,13,14)/b4-3+. The first kappa shape index (κ1) is 13.8. The molecule has 17 heavy (non-hydrogen) atoms. The summed E-state index contributed by atoms with van der Waals surface area (Å²) < 4.78 is 20.8. The minimum atomic E-state index is -4.18. The molecule has 0 fully saturated rings. The highest BCUT2D eigenvalue weighted by molar-refractivity contribution is 7.51. The first-order valence-corrected chi connectivity index (χ1v) is 6.74. The third kappa shape index (κ3) is 4.61. The van der Waals surface area contributed by atoms with E-state index in [-0.39, 0.29) is 0 Å². The summed E-state index contributed by atoms with van der Waals surface area (Å²) in [6.45, 7) is 1.89. The maximum absolute atomic E-state index is 10.7. The first-order chi connectivity index (χ1) is 7.96. The molecule has 6 heteroatoms. The normalized spacial score (nSPS) is 11.8. The lowest BCUT2D eigenvalue weighted by molar-refractivity contribution is 0.289. The van der Waals surface area contributed by atoms with Gasteiger partial charge < -0.3 is 19.3 Å². The number of hydrogen-bond donors (Lipinski definition) is 2. The van der Waals surface area contributed by atoms with Gasteiger partial charge in [0.1, 0.15) is 0 Å². The van der Waals surface area contributed by atoms with Crippen LogP contribution in [0, 0.1) is 0 Å². The van der Waals surface area contributed by atoms with Crippen molar-refractivity contribution in [1.29, 1.82) is 0 Å². The van der Waals surface area contributed by atoms with Crippen LogP contribution in [0.4, 0.5) is 0 Å². The molecule has 0 saturated heterocycles. The molecule has 0 aliphatic heterocycles. The highest BCUT2D eigenvalue weighted by Gasteiger charge is 2.15. The number of methoxy groups -OCH3 is 1. The molecular weight excluding hydrogens is 243 g/mol. The number of allylic oxidation sites excluding steroid dienone is 1. The zero-order valence-corrected chi connectivity index (χ0v) is 10.6. The number of rotatable bonds is 5. The van der Waals surface area contributed by atoms with Gasteiger partial charge in [0, 0.05) is 0 Å². The lowest BCUT2D eigenvalue weighted by atomic mass is 10.2. The van der Waals surface area contributed by atoms with Crippen LogP contribution in [0.5, 0.6) is 11.5 Å². The van der Waals surface area contributed by atoms with Crippen LogP contribution in [0.1, 0.15) is 12.5 Å². The molecule has 0 radical (unpaired) electrons. The molecule has 0 aromatic heterocycles. The van der Waals surface area contributed by atoms with Crippen LogP contribution in [0.25, 0.3) is 6.08 Å². The lowest BCUT2D eigenvalue weighted by Crippen LogP contribution is -2.00. The molecule has 0 atom stereocenters. The van der Waals surface area contributed by atoms with Gasteiger partial charge in [-0.05, 0) is 24.6 Å². The molecule has 5 nitrogen and oxygen atoms in total. The van der Waals surface area contributed by atoms with Crippen LogP contribution >= 0.6 is 7.60 Å². The molecule has 1 aromatic rings. The van der Waals surface area contributed by atoms with Crippen LogP contribution in [0.2, 0.25) is 0 Å². The topological polar surface area (TPSA) is 76.0 Å². The van der Waals surface area contributed by atoms with Gasteiger partial charge in [-0.3, -0.25) is 4.57 Å². The highest BCUT2D eigenvalue weighted by atomic mass is 31.2. The van der Waals surface area contributed by atoms with Crippen LogP contribution in [0.15, 0.2) is 24.3 Å². The summed E-state index contributed by atoms with van der Waals surface area (Å²) in [5.41, 5.74) is 0.924. The van der Waals surface area contributed by atoms with E-state index in [1.165, 1.54) is 7.11 Å². The summed E-state index contributed by atoms with van der Waals surface area (Å²) in [7, 11) is -2.71. The van der Waals surface area contributed by atoms with E-state index >= 15 is 0 Å². The third-order valence-electron chi connectivity index (χ3n) is 1.94. The van der Waals surface area contributed by atoms with E-state index in [1.807, 2.05) is 19.1 Å². The van der Waals surface area contributed by atoms with E-state index in [2.05, 4.69) is 0 Å². The molecule has 0 spiro atoms. The lowest BCUT2D eigenvalue weighted by Gasteiger charge is -2.11. The monoisotopic (exact) mass is 258 g/mol. The van der Waals surface area contributed by atoms with E-state index in [9.17, 15) is 4.57 Å². The predicted molar refractivity (Wildman–Crippen MR) is 65.2 cm³/mol. The second-order valence-corrected chi connectivity index (χ2v) is 4.94. The summed E-state index contributed by atoms with van der Waals surface area (Å²) in [6.07, 6.45) is 3.10. The van der Waals surface area contributed by atoms with Gasteiger partial charge in [0.2, 0.25) is 0 Å². The molecule has 0 saturated carbocycles. The SMILES string of the molecule is C/C=C/c1ccc(OCP(=O)(O)O)c(OC)c1. The molecule has 0 unspecified atom stereocenters. The van der Waals surface area contributed by atoms with E-state index in [4.69, 9.17) is 19.3 Å². The van der Waals surface area contributed by atoms with Crippen molar-refractivity contribution in [1.82, 2.24) is 0 Å². The van der Waals surface area contributed by atoms with E-state index in [1.54, 1.807) is 18.2 Å². The molecule has 0 heterocycles. The molecular formula is C11H15O5P. The summed E-state index contributed by atoms with van der Waals surface area (Å²) in [5, 5.41) is 0. The van der Waals surface area contributed by atoms with Gasteiger partial charge >= 0.3 is 7.60 Å². The Morgan fingerprint density at radius 1 is 1.35 bits per heavy atom. The predicted octanol–water partition coefficient (Wildman–Crippen LogP) is 2.24. The van der Waals surface area contributed by atoms with E-state index in [0.717, 1.165) is 5.56 Å². The summed E-state index contributed by atoms with van der Waals surface area (Å²) in [5.74, 6) is 0.748. The summed E-state index contributed by atoms with van der Waals surface area (Å²) in [6, 6.07) is 5.12. The minimum Gasteiger partial charge on any atom is -0.493 e. The Balaban J connectivity index is 2.89. The van der Waals surface area contributed by atoms with Gasteiger partial charge in [-0.25, -0.2) is 0 Å². The fourth-order valence-electron chi connectivity index (χ4n) is 1.25. The molecule has 94 valence electrons. The zero-order chi connectivity index (χ0) is 12.9. The summed E-state index contributed by atoms with van der Waals surface area (Å²) >= 11 is 0. The van der Waals surface area contributed by atoms with Crippen molar-refractivity contribution in [3.63, 3.8) is 0 Å². The largest absolute Gasteiger partial charge is 0.493 e. The van der Waals surface area contributed by atoms with Gasteiger partial charge in [-0.1, -0.05) is 18.2 Å². The van der Waals surface area contributed by atoms with Crippen molar-refractivity contribution < 1.29 is 23.8 Å². The fraction of sp³-hybridized carbons (Fsp3) is 0.273. The minimum absolute atomic E-state index is 0.309. The second kappa shape index (κ2) is 5.87. The Morgan fingerprint density at radius 2 is 2.06 bits per heavy atom. The Bertz CT molecular complexity index is 449. The Labute approximate surface area is 99.8 Å². The molecule has 0 aliphatic rings. The third-order valence-corrected chi connectivity index (χ3v) is 2.40. The highest BCUT2D eigenvalue weighted by Crippen LogP contribution is 2.37. The van der Waals surface area contributed by atoms with Gasteiger partial charge in [0.15, 0.2) is 17.8 Å². The van der Waals surface area contributed by atoms with E-state index in [0.29, 0.717) is 11.5 Å². The van der Waals surface area contributed by atoms with Crippen molar-refractivity contribution in [2.75, 3.05) is 13.5 Å². The molecule has 2 N–H and O–H groups in total.